The summed E-state index contributed by atoms with van der Waals surface area (Å²) in [5.74, 6) is 1.61. The van der Waals surface area contributed by atoms with Crippen molar-refractivity contribution in [3.05, 3.63) is 76.8 Å². The molecular formula is C20H19ClN4O2. The van der Waals surface area contributed by atoms with Crippen LogP contribution in [-0.2, 0) is 6.42 Å². The summed E-state index contributed by atoms with van der Waals surface area (Å²) in [6, 6.07) is 18.1. The van der Waals surface area contributed by atoms with Gasteiger partial charge in [0.15, 0.2) is 5.82 Å². The van der Waals surface area contributed by atoms with Crippen LogP contribution in [0, 0.1) is 0 Å². The minimum absolute atomic E-state index is 0.263. The zero-order valence-electron chi connectivity index (χ0n) is 14.8. The molecule has 0 atom stereocenters. The maximum Gasteiger partial charge on any atom is 0.256 e. The Morgan fingerprint density at radius 3 is 2.26 bits per heavy atom. The van der Waals surface area contributed by atoms with Crippen LogP contribution in [0.15, 0.2) is 60.7 Å². The molecule has 0 saturated heterocycles. The number of aromatic nitrogens is 2. The normalized spacial score (nSPS) is 10.3. The number of anilines is 2. The van der Waals surface area contributed by atoms with Gasteiger partial charge in [0.1, 0.15) is 11.6 Å². The van der Waals surface area contributed by atoms with Gasteiger partial charge in [-0.05, 0) is 60.5 Å². The predicted molar refractivity (Wildman–Crippen MR) is 107 cm³/mol. The lowest BCUT2D eigenvalue weighted by molar-refractivity contribution is 0.102. The summed E-state index contributed by atoms with van der Waals surface area (Å²) in [5.41, 5.74) is 1.70. The summed E-state index contributed by atoms with van der Waals surface area (Å²) < 4.78 is 5.15. The Labute approximate surface area is 162 Å². The van der Waals surface area contributed by atoms with Crippen LogP contribution in [0.25, 0.3) is 0 Å². The van der Waals surface area contributed by atoms with Crippen LogP contribution in [0.5, 0.6) is 5.75 Å². The Morgan fingerprint density at radius 2 is 1.63 bits per heavy atom. The lowest BCUT2D eigenvalue weighted by atomic mass is 10.1. The van der Waals surface area contributed by atoms with Crippen molar-refractivity contribution in [2.45, 2.75) is 6.42 Å². The van der Waals surface area contributed by atoms with Gasteiger partial charge in [-0.25, -0.2) is 0 Å². The third-order valence-electron chi connectivity index (χ3n) is 3.89. The number of hydrogen-bond donors (Lipinski definition) is 2. The maximum atomic E-state index is 12.1. The second kappa shape index (κ2) is 9.00. The first-order chi connectivity index (χ1) is 13.1. The van der Waals surface area contributed by atoms with Gasteiger partial charge in [-0.15, -0.1) is 10.2 Å². The molecule has 27 heavy (non-hydrogen) atoms. The third-order valence-corrected chi connectivity index (χ3v) is 4.14. The SMILES string of the molecule is COc1ccc(CCNc2ccc(NC(=O)c3ccc(Cl)cc3)nn2)cc1. The highest BCUT2D eigenvalue weighted by atomic mass is 35.5. The number of nitrogens with one attached hydrogen (secondary N) is 2. The number of hydrogen-bond acceptors (Lipinski definition) is 5. The molecule has 0 spiro atoms. The van der Waals surface area contributed by atoms with Crippen molar-refractivity contribution in [2.75, 3.05) is 24.3 Å². The summed E-state index contributed by atoms with van der Waals surface area (Å²) in [4.78, 5) is 12.1. The van der Waals surface area contributed by atoms with Gasteiger partial charge in [-0.2, -0.15) is 0 Å². The van der Waals surface area contributed by atoms with Crippen LogP contribution >= 0.6 is 11.6 Å². The summed E-state index contributed by atoms with van der Waals surface area (Å²) in [7, 11) is 1.65. The van der Waals surface area contributed by atoms with Crippen molar-refractivity contribution < 1.29 is 9.53 Å². The van der Waals surface area contributed by atoms with Gasteiger partial charge in [-0.1, -0.05) is 23.7 Å². The Morgan fingerprint density at radius 1 is 0.963 bits per heavy atom. The van der Waals surface area contributed by atoms with Crippen LogP contribution in [0.3, 0.4) is 0 Å². The summed E-state index contributed by atoms with van der Waals surface area (Å²) in [6.07, 6.45) is 0.848. The van der Waals surface area contributed by atoms with E-state index < -0.39 is 0 Å². The number of ether oxygens (including phenoxy) is 1. The first-order valence-electron chi connectivity index (χ1n) is 8.41. The molecule has 1 heterocycles. The van der Waals surface area contributed by atoms with E-state index in [9.17, 15) is 4.79 Å². The van der Waals surface area contributed by atoms with Crippen molar-refractivity contribution in [1.29, 1.82) is 0 Å². The molecule has 2 N–H and O–H groups in total. The first-order valence-corrected chi connectivity index (χ1v) is 8.79. The van der Waals surface area contributed by atoms with Crippen molar-refractivity contribution >= 4 is 29.1 Å². The van der Waals surface area contributed by atoms with Gasteiger partial charge in [0.25, 0.3) is 5.91 Å². The highest BCUT2D eigenvalue weighted by molar-refractivity contribution is 6.30. The van der Waals surface area contributed by atoms with E-state index in [4.69, 9.17) is 16.3 Å². The van der Waals surface area contributed by atoms with Gasteiger partial charge in [0.05, 0.1) is 7.11 Å². The molecule has 1 amide bonds. The van der Waals surface area contributed by atoms with Crippen LogP contribution in [0.1, 0.15) is 15.9 Å². The summed E-state index contributed by atoms with van der Waals surface area (Å²) >= 11 is 5.82. The number of carbonyl (C=O) groups is 1. The average Bonchev–Trinajstić information content (AvgIpc) is 2.70. The minimum Gasteiger partial charge on any atom is -0.497 e. The van der Waals surface area contributed by atoms with Gasteiger partial charge >= 0.3 is 0 Å². The van der Waals surface area contributed by atoms with E-state index in [1.54, 1.807) is 43.5 Å². The number of methoxy groups -OCH3 is 1. The molecule has 0 unspecified atom stereocenters. The minimum atomic E-state index is -0.263. The fourth-order valence-electron chi connectivity index (χ4n) is 2.41. The molecule has 0 fully saturated rings. The topological polar surface area (TPSA) is 76.1 Å². The number of carbonyl (C=O) groups excluding carboxylic acids is 1. The monoisotopic (exact) mass is 382 g/mol. The molecule has 6 nitrogen and oxygen atoms in total. The Balaban J connectivity index is 1.49. The highest BCUT2D eigenvalue weighted by Gasteiger charge is 2.07. The molecule has 2 aromatic carbocycles. The lowest BCUT2D eigenvalue weighted by Crippen LogP contribution is -2.14. The van der Waals surface area contributed by atoms with Crippen molar-refractivity contribution in [3.63, 3.8) is 0 Å². The van der Waals surface area contributed by atoms with Gasteiger partial charge < -0.3 is 15.4 Å². The van der Waals surface area contributed by atoms with Crippen LogP contribution in [0.2, 0.25) is 5.02 Å². The number of rotatable bonds is 7. The van der Waals surface area contributed by atoms with E-state index >= 15 is 0 Å². The molecule has 138 valence electrons. The largest absolute Gasteiger partial charge is 0.497 e. The summed E-state index contributed by atoms with van der Waals surface area (Å²) in [6.45, 7) is 0.720. The van der Waals surface area contributed by atoms with E-state index in [-0.39, 0.29) is 5.91 Å². The number of amides is 1. The molecule has 0 saturated carbocycles. The van der Waals surface area contributed by atoms with Crippen molar-refractivity contribution in [1.82, 2.24) is 10.2 Å². The molecule has 0 aliphatic carbocycles. The number of benzene rings is 2. The number of nitrogens with zero attached hydrogens (tertiary/aromatic N) is 2. The Bertz CT molecular complexity index is 881. The van der Waals surface area contributed by atoms with E-state index in [0.717, 1.165) is 18.7 Å². The molecule has 0 aliphatic heterocycles. The lowest BCUT2D eigenvalue weighted by Gasteiger charge is -2.07. The molecule has 0 radical (unpaired) electrons. The highest BCUT2D eigenvalue weighted by Crippen LogP contribution is 2.13. The van der Waals surface area contributed by atoms with Gasteiger partial charge in [0, 0.05) is 17.1 Å². The van der Waals surface area contributed by atoms with Crippen LogP contribution in [-0.4, -0.2) is 29.8 Å². The molecule has 1 aromatic heterocycles. The number of halogens is 1. The molecule has 3 rings (SSSR count). The first kappa shape index (κ1) is 18.7. The predicted octanol–water partition coefficient (Wildman–Crippen LogP) is 4.05. The molecule has 3 aromatic rings. The van der Waals surface area contributed by atoms with Crippen LogP contribution < -0.4 is 15.4 Å². The maximum absolute atomic E-state index is 12.1. The molecule has 0 aliphatic rings. The second-order valence-electron chi connectivity index (χ2n) is 5.79. The van der Waals surface area contributed by atoms with Crippen molar-refractivity contribution in [3.8, 4) is 5.75 Å². The third kappa shape index (κ3) is 5.43. The Kier molecular flexibility index (Phi) is 6.22. The molecular weight excluding hydrogens is 364 g/mol. The van der Waals surface area contributed by atoms with E-state index in [0.29, 0.717) is 22.2 Å². The van der Waals surface area contributed by atoms with Crippen LogP contribution in [0.4, 0.5) is 11.6 Å². The zero-order chi connectivity index (χ0) is 19.1. The van der Waals surface area contributed by atoms with E-state index in [1.807, 2.05) is 24.3 Å². The Hall–Kier alpha value is -3.12. The van der Waals surface area contributed by atoms with E-state index in [2.05, 4.69) is 20.8 Å². The smallest absolute Gasteiger partial charge is 0.256 e. The standard InChI is InChI=1S/C20H19ClN4O2/c1-27-17-8-2-14(3-9-17)12-13-22-18-10-11-19(25-24-18)23-20(26)15-4-6-16(21)7-5-15/h2-11H,12-13H2,1H3,(H,22,24)(H,23,25,26). The quantitative estimate of drug-likeness (QED) is 0.644. The second-order valence-corrected chi connectivity index (χ2v) is 6.23. The van der Waals surface area contributed by atoms with Gasteiger partial charge in [0.2, 0.25) is 0 Å². The van der Waals surface area contributed by atoms with Gasteiger partial charge in [-0.3, -0.25) is 4.79 Å². The molecule has 0 bridgehead atoms. The molecule has 7 heteroatoms. The zero-order valence-corrected chi connectivity index (χ0v) is 15.5. The summed E-state index contributed by atoms with van der Waals surface area (Å²) in [5, 5.41) is 14.6. The fourth-order valence-corrected chi connectivity index (χ4v) is 2.54. The van der Waals surface area contributed by atoms with E-state index in [1.165, 1.54) is 5.56 Å². The average molecular weight is 383 g/mol. The fraction of sp³-hybridized carbons (Fsp3) is 0.150. The van der Waals surface area contributed by atoms with Crippen molar-refractivity contribution in [2.24, 2.45) is 0 Å².